The van der Waals surface area contributed by atoms with Crippen molar-refractivity contribution in [3.05, 3.63) is 47.3 Å². The summed E-state index contributed by atoms with van der Waals surface area (Å²) in [6.45, 7) is 4.28. The van der Waals surface area contributed by atoms with E-state index < -0.39 is 0 Å². The van der Waals surface area contributed by atoms with E-state index in [0.717, 1.165) is 35.4 Å². The quantitative estimate of drug-likeness (QED) is 0.446. The van der Waals surface area contributed by atoms with Crippen molar-refractivity contribution >= 4 is 23.5 Å². The van der Waals surface area contributed by atoms with Crippen LogP contribution in [0.4, 0.5) is 0 Å². The van der Waals surface area contributed by atoms with Gasteiger partial charge in [-0.05, 0) is 44.7 Å². The van der Waals surface area contributed by atoms with Gasteiger partial charge >= 0.3 is 5.97 Å². The van der Waals surface area contributed by atoms with Gasteiger partial charge in [-0.25, -0.2) is 4.79 Å². The molecule has 0 amide bonds. The second-order valence-corrected chi connectivity index (χ2v) is 7.54. The van der Waals surface area contributed by atoms with Crippen LogP contribution in [0.3, 0.4) is 0 Å². The standard InChI is InChI=1S/C20H25N3O3S/c1-3-26-20(25)18-16(11-21-22-18)13-23-10-4-5-15(12-23)19(24)14-6-8-17(27-2)9-7-14/h6-9,11,15H,3-5,10,12-13H2,1-2H3,(H,21,22)/t15-/m0/s1. The van der Waals surface area contributed by atoms with E-state index in [9.17, 15) is 9.59 Å². The molecule has 2 heterocycles. The SMILES string of the molecule is CCOC(=O)c1[nH]ncc1CN1CCC[C@H](C(=O)c2ccc(SC)cc2)C1. The van der Waals surface area contributed by atoms with E-state index in [0.29, 0.717) is 25.4 Å². The molecule has 1 atom stereocenters. The lowest BCUT2D eigenvalue weighted by Crippen LogP contribution is -2.38. The van der Waals surface area contributed by atoms with Gasteiger partial charge in [-0.1, -0.05) is 12.1 Å². The third-order valence-electron chi connectivity index (χ3n) is 4.84. The third-order valence-corrected chi connectivity index (χ3v) is 5.59. The molecule has 7 heteroatoms. The Balaban J connectivity index is 1.65. The van der Waals surface area contributed by atoms with Crippen molar-refractivity contribution in [3.63, 3.8) is 0 Å². The molecule has 6 nitrogen and oxygen atoms in total. The van der Waals surface area contributed by atoms with Crippen LogP contribution in [-0.2, 0) is 11.3 Å². The maximum absolute atomic E-state index is 12.9. The van der Waals surface area contributed by atoms with Gasteiger partial charge in [-0.15, -0.1) is 11.8 Å². The highest BCUT2D eigenvalue weighted by Gasteiger charge is 2.28. The number of esters is 1. The Morgan fingerprint density at radius 1 is 1.33 bits per heavy atom. The summed E-state index contributed by atoms with van der Waals surface area (Å²) in [5, 5.41) is 6.72. The minimum absolute atomic E-state index is 0.0168. The number of ether oxygens (including phenoxy) is 1. The van der Waals surface area contributed by atoms with Gasteiger partial charge in [0.15, 0.2) is 5.78 Å². The van der Waals surface area contributed by atoms with E-state index in [1.165, 1.54) is 0 Å². The number of rotatable bonds is 7. The molecule has 0 spiro atoms. The van der Waals surface area contributed by atoms with Crippen LogP contribution >= 0.6 is 11.8 Å². The van der Waals surface area contributed by atoms with E-state index >= 15 is 0 Å². The summed E-state index contributed by atoms with van der Waals surface area (Å²) in [6.07, 6.45) is 5.55. The van der Waals surface area contributed by atoms with Crippen LogP contribution in [-0.4, -0.2) is 52.8 Å². The zero-order chi connectivity index (χ0) is 19.2. The Hall–Kier alpha value is -2.12. The Bertz CT molecular complexity index is 788. The molecule has 2 aromatic rings. The molecule has 1 N–H and O–H groups in total. The molecule has 144 valence electrons. The molecule has 27 heavy (non-hydrogen) atoms. The average molecular weight is 388 g/mol. The number of nitrogens with one attached hydrogen (secondary N) is 1. The van der Waals surface area contributed by atoms with Gasteiger partial charge in [0.05, 0.1) is 12.8 Å². The zero-order valence-electron chi connectivity index (χ0n) is 15.7. The smallest absolute Gasteiger partial charge is 0.356 e. The van der Waals surface area contributed by atoms with E-state index in [1.807, 2.05) is 30.5 Å². The summed E-state index contributed by atoms with van der Waals surface area (Å²) in [5.74, 6) is -0.203. The molecular weight excluding hydrogens is 362 g/mol. The number of likely N-dealkylation sites (tertiary alicyclic amines) is 1. The van der Waals surface area contributed by atoms with Crippen LogP contribution in [0.2, 0.25) is 0 Å². The lowest BCUT2D eigenvalue weighted by Gasteiger charge is -2.31. The highest BCUT2D eigenvalue weighted by molar-refractivity contribution is 7.98. The Morgan fingerprint density at radius 3 is 2.81 bits per heavy atom. The van der Waals surface area contributed by atoms with Crippen LogP contribution in [0, 0.1) is 5.92 Å². The second-order valence-electron chi connectivity index (χ2n) is 6.66. The highest BCUT2D eigenvalue weighted by atomic mass is 32.2. The fourth-order valence-electron chi connectivity index (χ4n) is 3.46. The van der Waals surface area contributed by atoms with Crippen molar-refractivity contribution in [3.8, 4) is 0 Å². The molecular formula is C20H25N3O3S. The Kier molecular flexibility index (Phi) is 6.68. The number of nitrogens with zero attached hydrogens (tertiary/aromatic N) is 2. The van der Waals surface area contributed by atoms with E-state index in [1.54, 1.807) is 24.9 Å². The summed E-state index contributed by atoms with van der Waals surface area (Å²) in [6, 6.07) is 7.83. The first kappa shape index (κ1) is 19.6. The average Bonchev–Trinajstić information content (AvgIpc) is 3.16. The lowest BCUT2D eigenvalue weighted by atomic mass is 9.90. The lowest BCUT2D eigenvalue weighted by molar-refractivity contribution is 0.0515. The number of hydrogen-bond donors (Lipinski definition) is 1. The second kappa shape index (κ2) is 9.19. The molecule has 1 saturated heterocycles. The maximum atomic E-state index is 12.9. The van der Waals surface area contributed by atoms with Crippen LogP contribution in [0.25, 0.3) is 0 Å². The predicted octanol–water partition coefficient (Wildman–Crippen LogP) is 3.40. The number of thioether (sulfide) groups is 1. The largest absolute Gasteiger partial charge is 0.461 e. The van der Waals surface area contributed by atoms with Crippen LogP contribution in [0.15, 0.2) is 35.4 Å². The summed E-state index contributed by atoms with van der Waals surface area (Å²) in [5.41, 5.74) is 1.99. The Labute approximate surface area is 163 Å². The zero-order valence-corrected chi connectivity index (χ0v) is 16.6. The number of piperidine rings is 1. The number of aromatic amines is 1. The number of ketones is 1. The van der Waals surface area contributed by atoms with Crippen molar-refractivity contribution in [2.24, 2.45) is 5.92 Å². The number of carbonyl (C=O) groups excluding carboxylic acids is 2. The summed E-state index contributed by atoms with van der Waals surface area (Å²) in [7, 11) is 0. The summed E-state index contributed by atoms with van der Waals surface area (Å²) in [4.78, 5) is 28.3. The van der Waals surface area contributed by atoms with Gasteiger partial charge in [-0.2, -0.15) is 5.10 Å². The van der Waals surface area contributed by atoms with E-state index in [4.69, 9.17) is 4.74 Å². The van der Waals surface area contributed by atoms with Crippen LogP contribution < -0.4 is 0 Å². The van der Waals surface area contributed by atoms with Gasteiger partial charge in [0.1, 0.15) is 5.69 Å². The van der Waals surface area contributed by atoms with Gasteiger partial charge in [0.2, 0.25) is 0 Å². The summed E-state index contributed by atoms with van der Waals surface area (Å²) >= 11 is 1.67. The molecule has 3 rings (SSSR count). The first-order valence-corrected chi connectivity index (χ1v) is 10.4. The van der Waals surface area contributed by atoms with E-state index in [2.05, 4.69) is 15.1 Å². The fraction of sp³-hybridized carbons (Fsp3) is 0.450. The van der Waals surface area contributed by atoms with Crippen LogP contribution in [0.5, 0.6) is 0 Å². The molecule has 1 aromatic carbocycles. The normalized spacial score (nSPS) is 17.6. The van der Waals surface area contributed by atoms with Gasteiger partial charge in [0.25, 0.3) is 0 Å². The van der Waals surface area contributed by atoms with Crippen molar-refractivity contribution in [1.82, 2.24) is 15.1 Å². The third kappa shape index (κ3) is 4.78. The van der Waals surface area contributed by atoms with Gasteiger partial charge < -0.3 is 4.74 Å². The number of carbonyl (C=O) groups is 2. The molecule has 1 aliphatic rings. The molecule has 0 aliphatic carbocycles. The van der Waals surface area contributed by atoms with Gasteiger partial charge in [-0.3, -0.25) is 14.8 Å². The molecule has 0 unspecified atom stereocenters. The maximum Gasteiger partial charge on any atom is 0.356 e. The van der Waals surface area contributed by atoms with Crippen molar-refractivity contribution in [1.29, 1.82) is 0 Å². The molecule has 0 saturated carbocycles. The molecule has 0 bridgehead atoms. The van der Waals surface area contributed by atoms with Crippen molar-refractivity contribution in [2.45, 2.75) is 31.2 Å². The first-order valence-electron chi connectivity index (χ1n) is 9.22. The number of benzene rings is 1. The molecule has 1 fully saturated rings. The topological polar surface area (TPSA) is 75.3 Å². The number of H-pyrrole nitrogens is 1. The first-order chi connectivity index (χ1) is 13.1. The molecule has 0 radical (unpaired) electrons. The molecule has 1 aromatic heterocycles. The Morgan fingerprint density at radius 2 is 2.11 bits per heavy atom. The number of aromatic nitrogens is 2. The molecule has 1 aliphatic heterocycles. The minimum Gasteiger partial charge on any atom is -0.461 e. The monoisotopic (exact) mass is 387 g/mol. The number of Topliss-reactive ketones (excluding diaryl/α,β-unsaturated/α-hetero) is 1. The summed E-state index contributed by atoms with van der Waals surface area (Å²) < 4.78 is 5.07. The van der Waals surface area contributed by atoms with E-state index in [-0.39, 0.29) is 17.7 Å². The number of hydrogen-bond acceptors (Lipinski definition) is 6. The van der Waals surface area contributed by atoms with Crippen molar-refractivity contribution < 1.29 is 14.3 Å². The fourth-order valence-corrected chi connectivity index (χ4v) is 3.86. The van der Waals surface area contributed by atoms with Crippen molar-refractivity contribution in [2.75, 3.05) is 26.0 Å². The minimum atomic E-state index is -0.386. The van der Waals surface area contributed by atoms with Gasteiger partial charge in [0, 0.05) is 35.0 Å². The van der Waals surface area contributed by atoms with Crippen LogP contribution in [0.1, 0.15) is 46.2 Å². The highest BCUT2D eigenvalue weighted by Crippen LogP contribution is 2.24. The predicted molar refractivity (Wildman–Crippen MR) is 105 cm³/mol.